The first-order valence-corrected chi connectivity index (χ1v) is 6.48. The van der Waals surface area contributed by atoms with E-state index in [0.29, 0.717) is 11.3 Å². The molecule has 0 aliphatic heterocycles. The molecule has 0 fully saturated rings. The molecule has 0 radical (unpaired) electrons. The van der Waals surface area contributed by atoms with Crippen molar-refractivity contribution in [1.29, 1.82) is 0 Å². The summed E-state index contributed by atoms with van der Waals surface area (Å²) in [5.74, 6) is -0.445. The molecule has 0 aliphatic rings. The first kappa shape index (κ1) is 12.8. The molecule has 0 spiro atoms. The number of aromatic nitrogens is 2. The third kappa shape index (κ3) is 2.28. The highest BCUT2D eigenvalue weighted by molar-refractivity contribution is 7.18. The van der Waals surface area contributed by atoms with Gasteiger partial charge in [0.05, 0.1) is 12.3 Å². The van der Waals surface area contributed by atoms with Gasteiger partial charge in [-0.25, -0.2) is 4.68 Å². The number of hydrogen-bond donors (Lipinski definition) is 0. The molecule has 2 rings (SSSR count). The van der Waals surface area contributed by atoms with Gasteiger partial charge in [-0.15, -0.1) is 11.3 Å². The SMILES string of the molecule is CCOC(=O)Cn1nc(C)c2cc(C)sc2c1=O. The largest absolute Gasteiger partial charge is 0.465 e. The second-order valence-corrected chi connectivity index (χ2v) is 5.21. The number of ether oxygens (including phenoxy) is 1. The maximum Gasteiger partial charge on any atom is 0.327 e. The van der Waals surface area contributed by atoms with E-state index in [4.69, 9.17) is 4.74 Å². The lowest BCUT2D eigenvalue weighted by atomic mass is 10.2. The molecule has 0 aliphatic carbocycles. The predicted molar refractivity (Wildman–Crippen MR) is 70.0 cm³/mol. The molecule has 0 bridgehead atoms. The average Bonchev–Trinajstić information content (AvgIpc) is 2.69. The van der Waals surface area contributed by atoms with Gasteiger partial charge in [0.25, 0.3) is 5.56 Å². The van der Waals surface area contributed by atoms with Crippen molar-refractivity contribution < 1.29 is 9.53 Å². The van der Waals surface area contributed by atoms with Crippen molar-refractivity contribution in [2.24, 2.45) is 0 Å². The van der Waals surface area contributed by atoms with Gasteiger partial charge in [-0.2, -0.15) is 5.10 Å². The van der Waals surface area contributed by atoms with Crippen molar-refractivity contribution in [3.8, 4) is 0 Å². The summed E-state index contributed by atoms with van der Waals surface area (Å²) in [5, 5.41) is 5.01. The zero-order valence-corrected chi connectivity index (χ0v) is 11.3. The zero-order valence-electron chi connectivity index (χ0n) is 10.5. The normalized spacial score (nSPS) is 10.8. The Morgan fingerprint density at radius 2 is 2.22 bits per heavy atom. The summed E-state index contributed by atoms with van der Waals surface area (Å²) in [4.78, 5) is 24.6. The van der Waals surface area contributed by atoms with E-state index in [0.717, 1.165) is 16.0 Å². The van der Waals surface area contributed by atoms with Gasteiger partial charge in [0.1, 0.15) is 11.2 Å². The van der Waals surface area contributed by atoms with E-state index in [1.165, 1.54) is 16.0 Å². The molecular formula is C12H14N2O3S. The highest BCUT2D eigenvalue weighted by Crippen LogP contribution is 2.23. The van der Waals surface area contributed by atoms with Gasteiger partial charge in [0.15, 0.2) is 0 Å². The Labute approximate surface area is 108 Å². The minimum atomic E-state index is -0.445. The van der Waals surface area contributed by atoms with Gasteiger partial charge < -0.3 is 4.74 Å². The fraction of sp³-hybridized carbons (Fsp3) is 0.417. The molecule has 0 aromatic carbocycles. The Morgan fingerprint density at radius 3 is 2.89 bits per heavy atom. The standard InChI is InChI=1S/C12H14N2O3S/c1-4-17-10(15)6-14-12(16)11-9(8(3)13-14)5-7(2)18-11/h5H,4,6H2,1-3H3. The fourth-order valence-electron chi connectivity index (χ4n) is 1.78. The van der Waals surface area contributed by atoms with Crippen LogP contribution in [0.4, 0.5) is 0 Å². The van der Waals surface area contributed by atoms with E-state index < -0.39 is 5.97 Å². The Bertz CT molecular complexity index is 657. The summed E-state index contributed by atoms with van der Waals surface area (Å²) in [6.45, 7) is 5.66. The van der Waals surface area contributed by atoms with Crippen LogP contribution >= 0.6 is 11.3 Å². The van der Waals surface area contributed by atoms with Gasteiger partial charge in [0, 0.05) is 10.3 Å². The van der Waals surface area contributed by atoms with Crippen LogP contribution in [0, 0.1) is 13.8 Å². The summed E-state index contributed by atoms with van der Waals surface area (Å²) in [6, 6.07) is 1.94. The second-order valence-electron chi connectivity index (χ2n) is 3.95. The van der Waals surface area contributed by atoms with Gasteiger partial charge in [-0.3, -0.25) is 9.59 Å². The number of carbonyl (C=O) groups excluding carboxylic acids is 1. The topological polar surface area (TPSA) is 61.2 Å². The van der Waals surface area contributed by atoms with E-state index in [1.807, 2.05) is 19.9 Å². The van der Waals surface area contributed by atoms with Crippen molar-refractivity contribution in [3.05, 3.63) is 27.0 Å². The van der Waals surface area contributed by atoms with Crippen LogP contribution in [0.3, 0.4) is 0 Å². The molecule has 0 amide bonds. The molecular weight excluding hydrogens is 252 g/mol. The minimum absolute atomic E-state index is 0.138. The molecule has 18 heavy (non-hydrogen) atoms. The zero-order chi connectivity index (χ0) is 13.3. The number of aryl methyl sites for hydroxylation is 2. The summed E-state index contributed by atoms with van der Waals surface area (Å²) >= 11 is 1.42. The molecule has 0 saturated heterocycles. The second kappa shape index (κ2) is 4.89. The summed E-state index contributed by atoms with van der Waals surface area (Å²) in [5.41, 5.74) is 0.514. The van der Waals surface area contributed by atoms with Crippen molar-refractivity contribution in [3.63, 3.8) is 0 Å². The molecule has 96 valence electrons. The molecule has 6 heteroatoms. The van der Waals surface area contributed by atoms with E-state index in [2.05, 4.69) is 5.10 Å². The lowest BCUT2D eigenvalue weighted by Crippen LogP contribution is -2.27. The smallest absolute Gasteiger partial charge is 0.327 e. The summed E-state index contributed by atoms with van der Waals surface area (Å²) in [6.07, 6.45) is 0. The number of thiophene rings is 1. The third-order valence-corrected chi connectivity index (χ3v) is 3.57. The highest BCUT2D eigenvalue weighted by Gasteiger charge is 2.13. The van der Waals surface area contributed by atoms with E-state index >= 15 is 0 Å². The van der Waals surface area contributed by atoms with Crippen molar-refractivity contribution >= 4 is 27.4 Å². The number of rotatable bonds is 3. The molecule has 0 atom stereocenters. The molecule has 0 saturated carbocycles. The number of fused-ring (bicyclic) bond motifs is 1. The maximum atomic E-state index is 12.1. The molecule has 0 unspecified atom stereocenters. The average molecular weight is 266 g/mol. The van der Waals surface area contributed by atoms with Crippen molar-refractivity contribution in [1.82, 2.24) is 9.78 Å². The Morgan fingerprint density at radius 1 is 1.50 bits per heavy atom. The van der Waals surface area contributed by atoms with Crippen LogP contribution in [-0.4, -0.2) is 22.4 Å². The number of esters is 1. The highest BCUT2D eigenvalue weighted by atomic mass is 32.1. The Balaban J connectivity index is 2.49. The quantitative estimate of drug-likeness (QED) is 0.792. The van der Waals surface area contributed by atoms with E-state index in [-0.39, 0.29) is 12.1 Å². The number of hydrogen-bond acceptors (Lipinski definition) is 5. The predicted octanol–water partition coefficient (Wildman–Crippen LogP) is 1.64. The Kier molecular flexibility index (Phi) is 3.47. The lowest BCUT2D eigenvalue weighted by molar-refractivity contribution is -0.144. The van der Waals surface area contributed by atoms with Gasteiger partial charge in [-0.05, 0) is 26.8 Å². The fourth-order valence-corrected chi connectivity index (χ4v) is 2.78. The molecule has 2 aromatic rings. The van der Waals surface area contributed by atoms with Crippen LogP contribution in [-0.2, 0) is 16.1 Å². The van der Waals surface area contributed by atoms with Crippen LogP contribution in [0.2, 0.25) is 0 Å². The van der Waals surface area contributed by atoms with Crippen LogP contribution < -0.4 is 5.56 Å². The third-order valence-electron chi connectivity index (χ3n) is 2.53. The summed E-state index contributed by atoms with van der Waals surface area (Å²) in [7, 11) is 0. The van der Waals surface area contributed by atoms with Gasteiger partial charge in [0.2, 0.25) is 0 Å². The van der Waals surface area contributed by atoms with Gasteiger partial charge in [-0.1, -0.05) is 0 Å². The maximum absolute atomic E-state index is 12.1. The first-order valence-electron chi connectivity index (χ1n) is 5.66. The minimum Gasteiger partial charge on any atom is -0.465 e. The van der Waals surface area contributed by atoms with Gasteiger partial charge >= 0.3 is 5.97 Å². The van der Waals surface area contributed by atoms with Crippen molar-refractivity contribution in [2.45, 2.75) is 27.3 Å². The molecule has 2 aromatic heterocycles. The first-order chi connectivity index (χ1) is 8.52. The monoisotopic (exact) mass is 266 g/mol. The molecule has 2 heterocycles. The van der Waals surface area contributed by atoms with Crippen LogP contribution in [0.25, 0.3) is 10.1 Å². The van der Waals surface area contributed by atoms with Crippen LogP contribution in [0.15, 0.2) is 10.9 Å². The van der Waals surface area contributed by atoms with Crippen LogP contribution in [0.5, 0.6) is 0 Å². The van der Waals surface area contributed by atoms with E-state index in [9.17, 15) is 9.59 Å². The van der Waals surface area contributed by atoms with Crippen LogP contribution in [0.1, 0.15) is 17.5 Å². The number of carbonyl (C=O) groups is 1. The summed E-state index contributed by atoms with van der Waals surface area (Å²) < 4.78 is 6.64. The Hall–Kier alpha value is -1.69. The molecule has 5 nitrogen and oxygen atoms in total. The molecule has 0 N–H and O–H groups in total. The lowest BCUT2D eigenvalue weighted by Gasteiger charge is -2.05. The van der Waals surface area contributed by atoms with Crippen molar-refractivity contribution in [2.75, 3.05) is 6.61 Å². The van der Waals surface area contributed by atoms with E-state index in [1.54, 1.807) is 6.92 Å². The number of nitrogens with zero attached hydrogens (tertiary/aromatic N) is 2.